The molecule has 0 aromatic rings. The van der Waals surface area contributed by atoms with Gasteiger partial charge in [0.05, 0.1) is 0 Å². The van der Waals surface area contributed by atoms with E-state index in [2.05, 4.69) is 93.7 Å². The smallest absolute Gasteiger partial charge is 0.306 e. The van der Waals surface area contributed by atoms with Gasteiger partial charge in [0.2, 0.25) is 0 Å². The number of esters is 3. The molecule has 0 aliphatic rings. The van der Waals surface area contributed by atoms with Crippen LogP contribution in [0.15, 0.2) is 72.9 Å². The van der Waals surface area contributed by atoms with Crippen LogP contribution in [0.2, 0.25) is 0 Å². The molecule has 0 unspecified atom stereocenters. The molecule has 0 amide bonds. The van der Waals surface area contributed by atoms with Crippen molar-refractivity contribution in [3.05, 3.63) is 72.9 Å². The predicted octanol–water partition coefficient (Wildman–Crippen LogP) is 19.0. The topological polar surface area (TPSA) is 78.9 Å². The molecule has 0 aromatic carbocycles. The molecule has 0 aliphatic carbocycles. The third-order valence-corrected chi connectivity index (χ3v) is 12.2. The number of hydrogen-bond donors (Lipinski definition) is 0. The van der Waals surface area contributed by atoms with Gasteiger partial charge in [-0.15, -0.1) is 0 Å². The van der Waals surface area contributed by atoms with E-state index >= 15 is 0 Å². The first-order valence-corrected chi connectivity index (χ1v) is 28.4. The number of carbonyl (C=O) groups excluding carboxylic acids is 3. The highest BCUT2D eigenvalue weighted by atomic mass is 16.6. The maximum atomic E-state index is 12.8. The van der Waals surface area contributed by atoms with E-state index in [4.69, 9.17) is 14.2 Å². The van der Waals surface area contributed by atoms with Crippen molar-refractivity contribution in [3.63, 3.8) is 0 Å². The van der Waals surface area contributed by atoms with Gasteiger partial charge in [0, 0.05) is 19.3 Å². The Morgan fingerprint density at radius 3 is 0.881 bits per heavy atom. The zero-order valence-corrected chi connectivity index (χ0v) is 44.2. The standard InChI is InChI=1S/C61H106O6/c1-4-7-10-13-16-19-22-25-28-30-33-35-38-41-44-47-50-53-59(62)65-56-58(67-61(64)55-52-49-46-43-40-37-32-27-24-21-18-15-12-9-6-3)57-66-60(63)54-51-48-45-42-39-36-34-31-29-26-23-20-17-14-11-8-5-2/h16-17,19-21,24-26,28-29,33,35,58H,4-15,18,22-23,27,30-32,34,36-57H2,1-3H3/b19-16-,20-17-,24-21-,28-25-,29-26-,35-33-/t58-/m1/s1. The lowest BCUT2D eigenvalue weighted by atomic mass is 10.1. The van der Waals surface area contributed by atoms with Crippen LogP contribution in [0.25, 0.3) is 0 Å². The molecule has 0 aromatic heterocycles. The highest BCUT2D eigenvalue weighted by Crippen LogP contribution is 2.14. The summed E-state index contributed by atoms with van der Waals surface area (Å²) < 4.78 is 16.8. The van der Waals surface area contributed by atoms with Crippen molar-refractivity contribution in [2.75, 3.05) is 13.2 Å². The molecular weight excluding hydrogens is 829 g/mol. The Labute approximate surface area is 414 Å². The minimum atomic E-state index is -0.790. The van der Waals surface area contributed by atoms with Crippen LogP contribution in [0.5, 0.6) is 0 Å². The van der Waals surface area contributed by atoms with Gasteiger partial charge >= 0.3 is 17.9 Å². The number of unbranched alkanes of at least 4 members (excludes halogenated alkanes) is 28. The minimum Gasteiger partial charge on any atom is -0.462 e. The van der Waals surface area contributed by atoms with Crippen LogP contribution >= 0.6 is 0 Å². The van der Waals surface area contributed by atoms with Crippen LogP contribution < -0.4 is 0 Å². The van der Waals surface area contributed by atoms with Gasteiger partial charge < -0.3 is 14.2 Å². The molecule has 0 saturated heterocycles. The molecule has 0 saturated carbocycles. The summed E-state index contributed by atoms with van der Waals surface area (Å²) in [5, 5.41) is 0. The first-order chi connectivity index (χ1) is 33.0. The second-order valence-electron chi connectivity index (χ2n) is 18.8. The molecule has 0 rings (SSSR count). The van der Waals surface area contributed by atoms with E-state index < -0.39 is 6.10 Å². The molecule has 386 valence electrons. The van der Waals surface area contributed by atoms with Crippen LogP contribution in [0.3, 0.4) is 0 Å². The molecule has 0 bridgehead atoms. The number of carbonyl (C=O) groups is 3. The van der Waals surface area contributed by atoms with Crippen LogP contribution in [0.4, 0.5) is 0 Å². The molecule has 0 radical (unpaired) electrons. The lowest BCUT2D eigenvalue weighted by Crippen LogP contribution is -2.30. The average Bonchev–Trinajstić information content (AvgIpc) is 3.33. The quantitative estimate of drug-likeness (QED) is 0.0262. The van der Waals surface area contributed by atoms with Gasteiger partial charge in [0.25, 0.3) is 0 Å². The average molecular weight is 936 g/mol. The zero-order chi connectivity index (χ0) is 48.6. The summed E-state index contributed by atoms with van der Waals surface area (Å²) in [4.78, 5) is 38.1. The van der Waals surface area contributed by atoms with Crippen molar-refractivity contribution in [1.82, 2.24) is 0 Å². The van der Waals surface area contributed by atoms with E-state index in [0.29, 0.717) is 19.3 Å². The first kappa shape index (κ1) is 63.8. The van der Waals surface area contributed by atoms with Gasteiger partial charge in [-0.25, -0.2) is 0 Å². The van der Waals surface area contributed by atoms with Crippen molar-refractivity contribution < 1.29 is 28.6 Å². The van der Waals surface area contributed by atoms with Crippen LogP contribution in [-0.4, -0.2) is 37.2 Å². The number of allylic oxidation sites excluding steroid dienone is 12. The van der Waals surface area contributed by atoms with Gasteiger partial charge in [-0.1, -0.05) is 216 Å². The third kappa shape index (κ3) is 53.7. The highest BCUT2D eigenvalue weighted by molar-refractivity contribution is 5.71. The molecule has 6 nitrogen and oxygen atoms in total. The van der Waals surface area contributed by atoms with Gasteiger partial charge in [-0.3, -0.25) is 14.4 Å². The van der Waals surface area contributed by atoms with E-state index in [0.717, 1.165) is 96.3 Å². The molecule has 0 heterocycles. The summed E-state index contributed by atoms with van der Waals surface area (Å²) in [5.41, 5.74) is 0. The van der Waals surface area contributed by atoms with E-state index in [1.165, 1.54) is 141 Å². The van der Waals surface area contributed by atoms with Crippen molar-refractivity contribution in [3.8, 4) is 0 Å². The Balaban J connectivity index is 4.43. The SMILES string of the molecule is CCCCC/C=C\C/C=C\C/C=C\CCCCCCC(=O)OC[C@H](COC(=O)CCCCCCCCC/C=C\C/C=C\CCCCC)OC(=O)CCCCCCCCC/C=C\CCCCCC. The van der Waals surface area contributed by atoms with E-state index in [1.807, 2.05) is 0 Å². The van der Waals surface area contributed by atoms with Crippen molar-refractivity contribution in [2.24, 2.45) is 0 Å². The fraction of sp³-hybridized carbons (Fsp3) is 0.754. The summed E-state index contributed by atoms with van der Waals surface area (Å²) in [6, 6.07) is 0. The monoisotopic (exact) mass is 935 g/mol. The summed E-state index contributed by atoms with van der Waals surface area (Å²) >= 11 is 0. The first-order valence-electron chi connectivity index (χ1n) is 28.4. The lowest BCUT2D eigenvalue weighted by Gasteiger charge is -2.18. The summed E-state index contributed by atoms with van der Waals surface area (Å²) in [7, 11) is 0. The Bertz CT molecular complexity index is 1260. The summed E-state index contributed by atoms with van der Waals surface area (Å²) in [5.74, 6) is -0.915. The fourth-order valence-corrected chi connectivity index (χ4v) is 7.83. The summed E-state index contributed by atoms with van der Waals surface area (Å²) in [6.07, 6.45) is 70.2. The maximum absolute atomic E-state index is 12.8. The van der Waals surface area contributed by atoms with Gasteiger partial charge in [-0.05, 0) is 116 Å². The maximum Gasteiger partial charge on any atom is 0.306 e. The van der Waals surface area contributed by atoms with Crippen LogP contribution in [-0.2, 0) is 28.6 Å². The van der Waals surface area contributed by atoms with E-state index in [1.54, 1.807) is 0 Å². The second-order valence-corrected chi connectivity index (χ2v) is 18.8. The second kappa shape index (κ2) is 55.4. The van der Waals surface area contributed by atoms with Crippen LogP contribution in [0, 0.1) is 0 Å². The van der Waals surface area contributed by atoms with E-state index in [-0.39, 0.29) is 31.1 Å². The van der Waals surface area contributed by atoms with Crippen LogP contribution in [0.1, 0.15) is 278 Å². The normalized spacial score (nSPS) is 12.6. The Morgan fingerprint density at radius 2 is 0.537 bits per heavy atom. The lowest BCUT2D eigenvalue weighted by molar-refractivity contribution is -0.167. The number of hydrogen-bond acceptors (Lipinski definition) is 6. The fourth-order valence-electron chi connectivity index (χ4n) is 7.83. The molecule has 0 spiro atoms. The third-order valence-electron chi connectivity index (χ3n) is 12.2. The zero-order valence-electron chi connectivity index (χ0n) is 44.2. The van der Waals surface area contributed by atoms with Gasteiger partial charge in [-0.2, -0.15) is 0 Å². The largest absolute Gasteiger partial charge is 0.462 e. The van der Waals surface area contributed by atoms with Crippen molar-refractivity contribution in [2.45, 2.75) is 284 Å². The van der Waals surface area contributed by atoms with Gasteiger partial charge in [0.15, 0.2) is 6.10 Å². The number of rotatable bonds is 51. The molecular formula is C61H106O6. The number of ether oxygens (including phenoxy) is 3. The Kier molecular flexibility index (Phi) is 52.8. The van der Waals surface area contributed by atoms with Gasteiger partial charge in [0.1, 0.15) is 13.2 Å². The molecule has 0 aliphatic heterocycles. The molecule has 0 N–H and O–H groups in total. The van der Waals surface area contributed by atoms with Crippen molar-refractivity contribution >= 4 is 17.9 Å². The summed E-state index contributed by atoms with van der Waals surface area (Å²) in [6.45, 7) is 6.56. The Morgan fingerprint density at radius 1 is 0.299 bits per heavy atom. The van der Waals surface area contributed by atoms with E-state index in [9.17, 15) is 14.4 Å². The molecule has 0 fully saturated rings. The van der Waals surface area contributed by atoms with Crippen molar-refractivity contribution in [1.29, 1.82) is 0 Å². The Hall–Kier alpha value is -3.15. The molecule has 1 atom stereocenters. The molecule has 67 heavy (non-hydrogen) atoms. The predicted molar refractivity (Wildman–Crippen MR) is 288 cm³/mol. The highest BCUT2D eigenvalue weighted by Gasteiger charge is 2.19. The minimum absolute atomic E-state index is 0.0882. The molecule has 6 heteroatoms.